The molecule has 2 aliphatic heterocycles. The zero-order chi connectivity index (χ0) is 19.2. The van der Waals surface area contributed by atoms with Crippen LogP contribution >= 0.6 is 0 Å². The Morgan fingerprint density at radius 1 is 1.11 bits per heavy atom. The lowest BCUT2D eigenvalue weighted by Gasteiger charge is -2.37. The number of ether oxygens (including phenoxy) is 2. The van der Waals surface area contributed by atoms with Crippen LogP contribution in [0.15, 0.2) is 18.2 Å². The fraction of sp³-hybridized carbons (Fsp3) is 0.579. The fourth-order valence-electron chi connectivity index (χ4n) is 3.34. The topological polar surface area (TPSA) is 83.1 Å². The molecule has 1 saturated heterocycles. The van der Waals surface area contributed by atoms with Crippen LogP contribution in [-0.4, -0.2) is 73.7 Å². The van der Waals surface area contributed by atoms with Crippen molar-refractivity contribution in [3.05, 3.63) is 23.8 Å². The number of fused-ring (bicyclic) bond motifs is 1. The number of amides is 3. The Bertz CT molecular complexity index is 674. The molecule has 0 unspecified atom stereocenters. The first kappa shape index (κ1) is 19.4. The lowest BCUT2D eigenvalue weighted by Crippen LogP contribution is -2.55. The Balaban J connectivity index is 1.47. The fourth-order valence-corrected chi connectivity index (χ4v) is 3.34. The van der Waals surface area contributed by atoms with Gasteiger partial charge in [-0.2, -0.15) is 0 Å². The Kier molecular flexibility index (Phi) is 6.52. The van der Waals surface area contributed by atoms with Gasteiger partial charge in [0.05, 0.1) is 6.04 Å². The number of hydrogen-bond donors (Lipinski definition) is 2. The van der Waals surface area contributed by atoms with E-state index in [4.69, 9.17) is 9.47 Å². The van der Waals surface area contributed by atoms with Gasteiger partial charge < -0.3 is 14.8 Å². The molecule has 27 heavy (non-hydrogen) atoms. The SMILES string of the molecule is CCNC(=O)NC(=O)[C@@H](C)N1CCN(Cc2ccc3c(c2)OCCO3)CC1. The van der Waals surface area contributed by atoms with E-state index in [1.807, 2.05) is 26.0 Å². The number of hydrogen-bond acceptors (Lipinski definition) is 6. The van der Waals surface area contributed by atoms with Crippen LogP contribution in [0.1, 0.15) is 19.4 Å². The van der Waals surface area contributed by atoms with Crippen molar-refractivity contribution in [2.75, 3.05) is 45.9 Å². The standard InChI is InChI=1S/C19H28N4O4/c1-3-20-19(25)21-18(24)14(2)23-8-6-22(7-9-23)13-15-4-5-16-17(12-15)27-11-10-26-16/h4-5,12,14H,3,6-11,13H2,1-2H3,(H2,20,21,24,25)/t14-/m1/s1. The van der Waals surface area contributed by atoms with E-state index in [1.54, 1.807) is 0 Å². The molecule has 0 aromatic heterocycles. The third kappa shape index (κ3) is 5.11. The lowest BCUT2D eigenvalue weighted by molar-refractivity contribution is -0.125. The smallest absolute Gasteiger partial charge is 0.321 e. The molecule has 0 spiro atoms. The van der Waals surface area contributed by atoms with Crippen LogP contribution in [0.3, 0.4) is 0 Å². The number of rotatable bonds is 5. The van der Waals surface area contributed by atoms with E-state index in [1.165, 1.54) is 5.56 Å². The summed E-state index contributed by atoms with van der Waals surface area (Å²) in [5.41, 5.74) is 1.19. The van der Waals surface area contributed by atoms with Crippen molar-refractivity contribution in [2.24, 2.45) is 0 Å². The van der Waals surface area contributed by atoms with Gasteiger partial charge in [-0.3, -0.25) is 19.9 Å². The second-order valence-corrected chi connectivity index (χ2v) is 6.81. The molecule has 1 aromatic rings. The van der Waals surface area contributed by atoms with Gasteiger partial charge in [-0.25, -0.2) is 4.79 Å². The van der Waals surface area contributed by atoms with Gasteiger partial charge in [0.15, 0.2) is 11.5 Å². The number of carbonyl (C=O) groups is 2. The van der Waals surface area contributed by atoms with E-state index in [2.05, 4.69) is 26.5 Å². The molecule has 3 amide bonds. The lowest BCUT2D eigenvalue weighted by atomic mass is 10.1. The molecule has 1 atom stereocenters. The number of benzene rings is 1. The number of nitrogens with zero attached hydrogens (tertiary/aromatic N) is 2. The van der Waals surface area contributed by atoms with Crippen molar-refractivity contribution in [2.45, 2.75) is 26.4 Å². The summed E-state index contributed by atoms with van der Waals surface area (Å²) in [6.45, 7) is 9.48. The van der Waals surface area contributed by atoms with Gasteiger partial charge in [-0.15, -0.1) is 0 Å². The van der Waals surface area contributed by atoms with Crippen LogP contribution in [0, 0.1) is 0 Å². The van der Waals surface area contributed by atoms with Gasteiger partial charge in [-0.05, 0) is 31.5 Å². The molecule has 1 fully saturated rings. The minimum atomic E-state index is -0.438. The highest BCUT2D eigenvalue weighted by molar-refractivity contribution is 5.96. The van der Waals surface area contributed by atoms with E-state index >= 15 is 0 Å². The van der Waals surface area contributed by atoms with E-state index in [0.717, 1.165) is 44.2 Å². The van der Waals surface area contributed by atoms with E-state index in [-0.39, 0.29) is 11.9 Å². The van der Waals surface area contributed by atoms with Gasteiger partial charge in [0.2, 0.25) is 5.91 Å². The normalized spacial score (nSPS) is 18.6. The monoisotopic (exact) mass is 376 g/mol. The van der Waals surface area contributed by atoms with Gasteiger partial charge in [0.1, 0.15) is 13.2 Å². The highest BCUT2D eigenvalue weighted by Gasteiger charge is 2.26. The molecule has 2 aliphatic rings. The zero-order valence-corrected chi connectivity index (χ0v) is 16.0. The van der Waals surface area contributed by atoms with Crippen molar-refractivity contribution in [3.8, 4) is 11.5 Å². The summed E-state index contributed by atoms with van der Waals surface area (Å²) >= 11 is 0. The minimum Gasteiger partial charge on any atom is -0.486 e. The average Bonchev–Trinajstić information content (AvgIpc) is 2.68. The molecule has 8 heteroatoms. The highest BCUT2D eigenvalue weighted by atomic mass is 16.6. The van der Waals surface area contributed by atoms with Crippen LogP contribution < -0.4 is 20.1 Å². The van der Waals surface area contributed by atoms with Crippen LogP contribution in [0.2, 0.25) is 0 Å². The third-order valence-electron chi connectivity index (χ3n) is 4.92. The molecule has 2 N–H and O–H groups in total. The zero-order valence-electron chi connectivity index (χ0n) is 16.0. The summed E-state index contributed by atoms with van der Waals surface area (Å²) in [5, 5.41) is 4.96. The van der Waals surface area contributed by atoms with Crippen LogP contribution in [0.4, 0.5) is 4.79 Å². The van der Waals surface area contributed by atoms with E-state index in [0.29, 0.717) is 19.8 Å². The quantitative estimate of drug-likeness (QED) is 0.791. The molecule has 0 radical (unpaired) electrons. The summed E-state index contributed by atoms with van der Waals surface area (Å²) in [6, 6.07) is 5.31. The average molecular weight is 376 g/mol. The molecule has 1 aromatic carbocycles. The Morgan fingerprint density at radius 2 is 1.81 bits per heavy atom. The van der Waals surface area contributed by atoms with Gasteiger partial charge in [0.25, 0.3) is 0 Å². The third-order valence-corrected chi connectivity index (χ3v) is 4.92. The summed E-state index contributed by atoms with van der Waals surface area (Å²) in [6.07, 6.45) is 0. The number of carbonyl (C=O) groups excluding carboxylic acids is 2. The Labute approximate surface area is 159 Å². The molecule has 148 valence electrons. The van der Waals surface area contributed by atoms with E-state index in [9.17, 15) is 9.59 Å². The number of piperazine rings is 1. The molecular weight excluding hydrogens is 348 g/mol. The maximum Gasteiger partial charge on any atom is 0.321 e. The van der Waals surface area contributed by atoms with Crippen LogP contribution in [0.25, 0.3) is 0 Å². The van der Waals surface area contributed by atoms with Crippen molar-refractivity contribution in [1.82, 2.24) is 20.4 Å². The largest absolute Gasteiger partial charge is 0.486 e. The molecule has 0 saturated carbocycles. The summed E-state index contributed by atoms with van der Waals surface area (Å²) in [5.74, 6) is 1.36. The first-order chi connectivity index (χ1) is 13.1. The first-order valence-electron chi connectivity index (χ1n) is 9.50. The maximum atomic E-state index is 12.2. The van der Waals surface area contributed by atoms with Crippen molar-refractivity contribution in [3.63, 3.8) is 0 Å². The Morgan fingerprint density at radius 3 is 2.52 bits per heavy atom. The molecule has 0 aliphatic carbocycles. The molecule has 3 rings (SSSR count). The minimum absolute atomic E-state index is 0.263. The second kappa shape index (κ2) is 9.05. The van der Waals surface area contributed by atoms with Crippen LogP contribution in [0.5, 0.6) is 11.5 Å². The molecule has 0 bridgehead atoms. The summed E-state index contributed by atoms with van der Waals surface area (Å²) < 4.78 is 11.2. The molecular formula is C19H28N4O4. The predicted molar refractivity (Wildman–Crippen MR) is 101 cm³/mol. The summed E-state index contributed by atoms with van der Waals surface area (Å²) in [7, 11) is 0. The molecule has 8 nitrogen and oxygen atoms in total. The van der Waals surface area contributed by atoms with E-state index < -0.39 is 6.03 Å². The predicted octanol–water partition coefficient (Wildman–Crippen LogP) is 0.810. The molecule has 2 heterocycles. The highest BCUT2D eigenvalue weighted by Crippen LogP contribution is 2.31. The number of urea groups is 1. The van der Waals surface area contributed by atoms with Gasteiger partial charge in [-0.1, -0.05) is 6.07 Å². The number of imide groups is 1. The second-order valence-electron chi connectivity index (χ2n) is 6.81. The van der Waals surface area contributed by atoms with Gasteiger partial charge >= 0.3 is 6.03 Å². The van der Waals surface area contributed by atoms with Gasteiger partial charge in [0, 0.05) is 39.3 Å². The van der Waals surface area contributed by atoms with Crippen molar-refractivity contribution in [1.29, 1.82) is 0 Å². The Hall–Kier alpha value is -2.32. The first-order valence-corrected chi connectivity index (χ1v) is 9.50. The number of nitrogens with one attached hydrogen (secondary N) is 2. The van der Waals surface area contributed by atoms with Crippen LogP contribution in [-0.2, 0) is 11.3 Å². The van der Waals surface area contributed by atoms with Crippen molar-refractivity contribution < 1.29 is 19.1 Å². The maximum absolute atomic E-state index is 12.2. The summed E-state index contributed by atoms with van der Waals surface area (Å²) in [4.78, 5) is 28.2. The van der Waals surface area contributed by atoms with Crippen molar-refractivity contribution >= 4 is 11.9 Å².